The third kappa shape index (κ3) is 6.89. The summed E-state index contributed by atoms with van der Waals surface area (Å²) in [5.41, 5.74) is 7.49. The molecule has 7 heteroatoms. The SMILES string of the molecule is CCc1sc(NC(=O)c2cc3ccc(N(CC)CC)cc3oc2=Nc2ccccc2)nc1-c1ccc(Cc2ccccc2)cc1. The number of nitrogens with one attached hydrogen (secondary N) is 1. The molecule has 2 heterocycles. The van der Waals surface area contributed by atoms with Crippen LogP contribution < -0.4 is 15.8 Å². The molecule has 45 heavy (non-hydrogen) atoms. The van der Waals surface area contributed by atoms with Crippen molar-refractivity contribution < 1.29 is 9.21 Å². The highest BCUT2D eigenvalue weighted by Crippen LogP contribution is 2.32. The Morgan fingerprint density at radius 3 is 2.22 bits per heavy atom. The van der Waals surface area contributed by atoms with Gasteiger partial charge in [0, 0.05) is 40.7 Å². The average Bonchev–Trinajstić information content (AvgIpc) is 3.49. The quantitative estimate of drug-likeness (QED) is 0.168. The van der Waals surface area contributed by atoms with Gasteiger partial charge in [-0.05, 0) is 68.1 Å². The number of thiazole rings is 1. The molecule has 0 bridgehead atoms. The number of amides is 1. The van der Waals surface area contributed by atoms with Crippen molar-refractivity contribution in [3.8, 4) is 11.3 Å². The van der Waals surface area contributed by atoms with Gasteiger partial charge in [0.15, 0.2) is 5.13 Å². The normalized spacial score (nSPS) is 11.6. The van der Waals surface area contributed by atoms with E-state index < -0.39 is 0 Å². The molecular formula is C38H36N4O2S. The molecule has 2 aromatic heterocycles. The van der Waals surface area contributed by atoms with E-state index in [1.165, 1.54) is 22.5 Å². The van der Waals surface area contributed by atoms with Crippen LogP contribution in [0.15, 0.2) is 119 Å². The molecular weight excluding hydrogens is 577 g/mol. The van der Waals surface area contributed by atoms with Crippen molar-refractivity contribution >= 4 is 44.7 Å². The molecule has 6 rings (SSSR count). The summed E-state index contributed by atoms with van der Waals surface area (Å²) >= 11 is 1.50. The van der Waals surface area contributed by atoms with Crippen molar-refractivity contribution in [2.45, 2.75) is 33.6 Å². The second-order valence-corrected chi connectivity index (χ2v) is 11.8. The summed E-state index contributed by atoms with van der Waals surface area (Å²) in [6, 6.07) is 36.4. The van der Waals surface area contributed by atoms with Gasteiger partial charge in [0.1, 0.15) is 11.1 Å². The van der Waals surface area contributed by atoms with Gasteiger partial charge in [-0.3, -0.25) is 10.1 Å². The second kappa shape index (κ2) is 13.7. The van der Waals surface area contributed by atoms with Crippen molar-refractivity contribution in [1.82, 2.24) is 4.98 Å². The minimum atomic E-state index is -0.315. The molecule has 0 saturated carbocycles. The van der Waals surface area contributed by atoms with Gasteiger partial charge in [0.25, 0.3) is 5.91 Å². The first kappa shape index (κ1) is 30.0. The van der Waals surface area contributed by atoms with Crippen molar-refractivity contribution in [1.29, 1.82) is 0 Å². The lowest BCUT2D eigenvalue weighted by Gasteiger charge is -2.21. The number of benzene rings is 4. The summed E-state index contributed by atoms with van der Waals surface area (Å²) in [7, 11) is 0. The van der Waals surface area contributed by atoms with E-state index in [2.05, 4.69) is 85.6 Å². The number of rotatable bonds is 10. The van der Waals surface area contributed by atoms with Gasteiger partial charge in [0.2, 0.25) is 5.55 Å². The van der Waals surface area contributed by atoms with Crippen LogP contribution in [-0.4, -0.2) is 24.0 Å². The number of aryl methyl sites for hydroxylation is 1. The highest BCUT2D eigenvalue weighted by molar-refractivity contribution is 7.16. The van der Waals surface area contributed by atoms with Crippen LogP contribution in [0.2, 0.25) is 0 Å². The Kier molecular flexibility index (Phi) is 9.17. The fourth-order valence-electron chi connectivity index (χ4n) is 5.40. The number of anilines is 2. The largest absolute Gasteiger partial charge is 0.437 e. The Morgan fingerprint density at radius 1 is 0.844 bits per heavy atom. The van der Waals surface area contributed by atoms with E-state index in [0.717, 1.165) is 53.1 Å². The second-order valence-electron chi connectivity index (χ2n) is 10.8. The third-order valence-electron chi connectivity index (χ3n) is 7.81. The zero-order valence-electron chi connectivity index (χ0n) is 25.8. The standard InChI is InChI=1S/C38H36N4O2S/c1-4-34-35(28-19-17-27(18-20-28)23-26-13-9-7-10-14-26)40-38(45-34)41-36(43)32-24-29-21-22-31(42(5-2)6-3)25-33(29)44-37(32)39-30-15-11-8-12-16-30/h7-22,24-25H,4-6,23H2,1-3H3,(H,40,41,43). The average molecular weight is 613 g/mol. The van der Waals surface area contributed by atoms with Crippen LogP contribution in [0.4, 0.5) is 16.5 Å². The molecule has 6 nitrogen and oxygen atoms in total. The molecule has 0 aliphatic carbocycles. The lowest BCUT2D eigenvalue weighted by Crippen LogP contribution is -2.22. The smallest absolute Gasteiger partial charge is 0.262 e. The topological polar surface area (TPSA) is 70.7 Å². The van der Waals surface area contributed by atoms with Gasteiger partial charge < -0.3 is 9.32 Å². The van der Waals surface area contributed by atoms with Crippen LogP contribution >= 0.6 is 11.3 Å². The van der Waals surface area contributed by atoms with Crippen molar-refractivity contribution in [3.05, 3.63) is 136 Å². The summed E-state index contributed by atoms with van der Waals surface area (Å²) in [6.45, 7) is 8.14. The number of nitrogens with zero attached hydrogens (tertiary/aromatic N) is 3. The fourth-order valence-corrected chi connectivity index (χ4v) is 6.32. The zero-order valence-corrected chi connectivity index (χ0v) is 26.6. The van der Waals surface area contributed by atoms with Crippen LogP contribution in [0, 0.1) is 0 Å². The van der Waals surface area contributed by atoms with Gasteiger partial charge in [-0.2, -0.15) is 0 Å². The minimum Gasteiger partial charge on any atom is -0.437 e. The lowest BCUT2D eigenvalue weighted by atomic mass is 10.0. The van der Waals surface area contributed by atoms with Crippen molar-refractivity contribution in [2.24, 2.45) is 4.99 Å². The predicted octanol–water partition coefficient (Wildman–Crippen LogP) is 9.04. The van der Waals surface area contributed by atoms with Crippen LogP contribution in [-0.2, 0) is 12.8 Å². The van der Waals surface area contributed by atoms with E-state index in [-0.39, 0.29) is 11.5 Å². The van der Waals surface area contributed by atoms with Gasteiger partial charge >= 0.3 is 0 Å². The number of hydrogen-bond donors (Lipinski definition) is 1. The number of carbonyl (C=O) groups is 1. The summed E-state index contributed by atoms with van der Waals surface area (Å²) < 4.78 is 6.34. The number of aromatic nitrogens is 1. The van der Waals surface area contributed by atoms with Crippen LogP contribution in [0.1, 0.15) is 47.1 Å². The van der Waals surface area contributed by atoms with Crippen LogP contribution in [0.25, 0.3) is 22.2 Å². The Hall–Kier alpha value is -5.01. The van der Waals surface area contributed by atoms with Crippen molar-refractivity contribution in [2.75, 3.05) is 23.3 Å². The van der Waals surface area contributed by atoms with E-state index in [0.29, 0.717) is 22.0 Å². The van der Waals surface area contributed by atoms with Crippen LogP contribution in [0.3, 0.4) is 0 Å². The zero-order chi connectivity index (χ0) is 31.2. The fraction of sp³-hybridized carbons (Fsp3) is 0.184. The molecule has 0 fully saturated rings. The molecule has 226 valence electrons. The van der Waals surface area contributed by atoms with Gasteiger partial charge in [0.05, 0.1) is 11.4 Å². The Bertz CT molecular complexity index is 1980. The van der Waals surface area contributed by atoms with E-state index >= 15 is 0 Å². The van der Waals surface area contributed by atoms with Gasteiger partial charge in [-0.1, -0.05) is 79.7 Å². The molecule has 6 aromatic rings. The number of para-hydroxylation sites is 1. The summed E-state index contributed by atoms with van der Waals surface area (Å²) in [4.78, 5) is 26.8. The van der Waals surface area contributed by atoms with Gasteiger partial charge in [-0.25, -0.2) is 9.98 Å². The van der Waals surface area contributed by atoms with E-state index in [1.807, 2.05) is 54.6 Å². The summed E-state index contributed by atoms with van der Waals surface area (Å²) in [5.74, 6) is -0.315. The molecule has 0 saturated heterocycles. The molecule has 0 atom stereocenters. The molecule has 0 aliphatic rings. The van der Waals surface area contributed by atoms with Crippen LogP contribution in [0.5, 0.6) is 0 Å². The highest BCUT2D eigenvalue weighted by atomic mass is 32.1. The molecule has 0 aliphatic heterocycles. The Balaban J connectivity index is 1.32. The molecule has 1 amide bonds. The molecule has 0 unspecified atom stereocenters. The maximum absolute atomic E-state index is 13.8. The molecule has 1 N–H and O–H groups in total. The number of hydrogen-bond acceptors (Lipinski definition) is 6. The number of fused-ring (bicyclic) bond motifs is 1. The third-order valence-corrected chi connectivity index (χ3v) is 8.93. The van der Waals surface area contributed by atoms with Crippen molar-refractivity contribution in [3.63, 3.8) is 0 Å². The maximum Gasteiger partial charge on any atom is 0.262 e. The van der Waals surface area contributed by atoms with Gasteiger partial charge in [-0.15, -0.1) is 11.3 Å². The molecule has 0 spiro atoms. The highest BCUT2D eigenvalue weighted by Gasteiger charge is 2.18. The first-order valence-corrected chi connectivity index (χ1v) is 16.2. The predicted molar refractivity (Wildman–Crippen MR) is 186 cm³/mol. The minimum absolute atomic E-state index is 0.254. The summed E-state index contributed by atoms with van der Waals surface area (Å²) in [5, 5.41) is 4.42. The first-order valence-electron chi connectivity index (χ1n) is 15.4. The Morgan fingerprint density at radius 2 is 1.53 bits per heavy atom. The van der Waals surface area contributed by atoms with E-state index in [1.54, 1.807) is 0 Å². The van der Waals surface area contributed by atoms with E-state index in [4.69, 9.17) is 14.4 Å². The first-order chi connectivity index (χ1) is 22.0. The molecule has 4 aromatic carbocycles. The van der Waals surface area contributed by atoms with E-state index in [9.17, 15) is 4.79 Å². The lowest BCUT2D eigenvalue weighted by molar-refractivity contribution is 0.102. The molecule has 0 radical (unpaired) electrons. The Labute approximate surface area is 267 Å². The maximum atomic E-state index is 13.8. The monoisotopic (exact) mass is 612 g/mol. The number of carbonyl (C=O) groups excluding carboxylic acids is 1. The summed E-state index contributed by atoms with van der Waals surface area (Å²) in [6.07, 6.45) is 1.69.